The van der Waals surface area contributed by atoms with Gasteiger partial charge in [-0.15, -0.1) is 11.3 Å². The topological polar surface area (TPSA) is 34.0 Å². The van der Waals surface area contributed by atoms with E-state index >= 15 is 0 Å². The summed E-state index contributed by atoms with van der Waals surface area (Å²) in [4.78, 5) is 12.7. The molecule has 1 N–H and O–H groups in total. The number of thiophene rings is 1. The lowest BCUT2D eigenvalue weighted by Crippen LogP contribution is -2.29. The minimum absolute atomic E-state index is 0.0118. The zero-order valence-electron chi connectivity index (χ0n) is 13.0. The molecule has 0 bridgehead atoms. The Labute approximate surface area is 134 Å². The van der Waals surface area contributed by atoms with Gasteiger partial charge in [-0.05, 0) is 43.8 Å². The number of rotatable bonds is 4. The summed E-state index contributed by atoms with van der Waals surface area (Å²) in [6.45, 7) is 6.22. The number of carbonyl (C=O) groups is 1. The fourth-order valence-corrected chi connectivity index (χ4v) is 3.58. The summed E-state index contributed by atoms with van der Waals surface area (Å²) in [6.07, 6.45) is 0. The van der Waals surface area contributed by atoms with Crippen LogP contribution in [0.1, 0.15) is 48.9 Å². The maximum Gasteiger partial charge on any atom is 0.268 e. The lowest BCUT2D eigenvalue weighted by atomic mass is 10.1. The van der Waals surface area contributed by atoms with Crippen LogP contribution >= 0.6 is 11.3 Å². The normalized spacial score (nSPS) is 12.7. The summed E-state index contributed by atoms with van der Waals surface area (Å²) in [5.74, 6) is -0.0200. The second-order valence-electron chi connectivity index (χ2n) is 5.77. The quantitative estimate of drug-likeness (QED) is 0.739. The lowest BCUT2D eigenvalue weighted by Gasteiger charge is -2.17. The third-order valence-electron chi connectivity index (χ3n) is 3.86. The van der Waals surface area contributed by atoms with Crippen LogP contribution in [-0.2, 0) is 0 Å². The molecule has 1 unspecified atom stereocenters. The van der Waals surface area contributed by atoms with Gasteiger partial charge in [0.1, 0.15) is 5.69 Å². The number of hydrogen-bond acceptors (Lipinski definition) is 2. The molecular formula is C18H20N2OS. The molecule has 3 rings (SSSR count). The molecular weight excluding hydrogens is 292 g/mol. The van der Waals surface area contributed by atoms with Crippen LogP contribution in [0.15, 0.2) is 47.8 Å². The first-order valence-corrected chi connectivity index (χ1v) is 8.40. The SMILES string of the molecule is CC(NC(=O)c1cc2sccc2n1C(C)C)c1ccccc1. The van der Waals surface area contributed by atoms with Gasteiger partial charge in [0.25, 0.3) is 5.91 Å². The van der Waals surface area contributed by atoms with Gasteiger partial charge in [-0.3, -0.25) is 4.79 Å². The molecule has 0 aliphatic rings. The lowest BCUT2D eigenvalue weighted by molar-refractivity contribution is 0.0929. The van der Waals surface area contributed by atoms with E-state index in [2.05, 4.69) is 35.2 Å². The molecule has 3 aromatic rings. The Morgan fingerprint density at radius 2 is 1.86 bits per heavy atom. The first-order chi connectivity index (χ1) is 10.6. The molecule has 22 heavy (non-hydrogen) atoms. The highest BCUT2D eigenvalue weighted by Crippen LogP contribution is 2.28. The largest absolute Gasteiger partial charge is 0.344 e. The summed E-state index contributed by atoms with van der Waals surface area (Å²) in [6, 6.07) is 14.3. The summed E-state index contributed by atoms with van der Waals surface area (Å²) >= 11 is 1.67. The van der Waals surface area contributed by atoms with Crippen molar-refractivity contribution in [2.24, 2.45) is 0 Å². The zero-order chi connectivity index (χ0) is 15.7. The number of nitrogens with one attached hydrogen (secondary N) is 1. The average molecular weight is 312 g/mol. The molecule has 1 atom stereocenters. The Morgan fingerprint density at radius 1 is 1.14 bits per heavy atom. The monoisotopic (exact) mass is 312 g/mol. The fourth-order valence-electron chi connectivity index (χ4n) is 2.77. The summed E-state index contributed by atoms with van der Waals surface area (Å²) in [5, 5.41) is 5.17. The van der Waals surface area contributed by atoms with E-state index in [1.807, 2.05) is 43.3 Å². The van der Waals surface area contributed by atoms with E-state index in [9.17, 15) is 4.79 Å². The summed E-state index contributed by atoms with van der Waals surface area (Å²) in [7, 11) is 0. The van der Waals surface area contributed by atoms with Crippen molar-refractivity contribution in [2.75, 3.05) is 0 Å². The van der Waals surface area contributed by atoms with Gasteiger partial charge in [0.05, 0.1) is 16.3 Å². The van der Waals surface area contributed by atoms with E-state index in [0.717, 1.165) is 21.5 Å². The minimum Gasteiger partial charge on any atom is -0.344 e. The standard InChI is InChI=1S/C18H20N2OS/c1-12(2)20-15-9-10-22-17(15)11-16(20)18(21)19-13(3)14-7-5-4-6-8-14/h4-13H,1-3H3,(H,19,21). The van der Waals surface area contributed by atoms with Gasteiger partial charge in [0.15, 0.2) is 0 Å². The van der Waals surface area contributed by atoms with Crippen molar-refractivity contribution in [3.05, 3.63) is 59.1 Å². The third-order valence-corrected chi connectivity index (χ3v) is 4.71. The Kier molecular flexibility index (Phi) is 4.03. The predicted octanol–water partition coefficient (Wildman–Crippen LogP) is 4.77. The third kappa shape index (κ3) is 2.66. The summed E-state index contributed by atoms with van der Waals surface area (Å²) in [5.41, 5.74) is 2.98. The highest BCUT2D eigenvalue weighted by atomic mass is 32.1. The molecule has 0 aliphatic heterocycles. The molecule has 1 amide bonds. The van der Waals surface area contributed by atoms with Gasteiger partial charge in [-0.1, -0.05) is 30.3 Å². The Bertz CT molecular complexity index is 786. The number of aromatic nitrogens is 1. The molecule has 2 heterocycles. The van der Waals surface area contributed by atoms with E-state index in [1.165, 1.54) is 0 Å². The van der Waals surface area contributed by atoms with Crippen LogP contribution in [0, 0.1) is 0 Å². The van der Waals surface area contributed by atoms with Crippen molar-refractivity contribution in [3.63, 3.8) is 0 Å². The highest BCUT2D eigenvalue weighted by Gasteiger charge is 2.19. The number of hydrogen-bond donors (Lipinski definition) is 1. The van der Waals surface area contributed by atoms with Crippen LogP contribution < -0.4 is 5.32 Å². The molecule has 0 radical (unpaired) electrons. The van der Waals surface area contributed by atoms with Crippen molar-refractivity contribution in [2.45, 2.75) is 32.9 Å². The zero-order valence-corrected chi connectivity index (χ0v) is 13.9. The molecule has 4 heteroatoms. The number of amides is 1. The van der Waals surface area contributed by atoms with Crippen molar-refractivity contribution in [1.82, 2.24) is 9.88 Å². The first kappa shape index (κ1) is 14.9. The number of fused-ring (bicyclic) bond motifs is 1. The second kappa shape index (κ2) is 5.97. The first-order valence-electron chi connectivity index (χ1n) is 7.52. The smallest absolute Gasteiger partial charge is 0.268 e. The van der Waals surface area contributed by atoms with Gasteiger partial charge in [-0.25, -0.2) is 0 Å². The van der Waals surface area contributed by atoms with Gasteiger partial charge in [0.2, 0.25) is 0 Å². The van der Waals surface area contributed by atoms with E-state index in [4.69, 9.17) is 0 Å². The van der Waals surface area contributed by atoms with Gasteiger partial charge >= 0.3 is 0 Å². The number of nitrogens with zero attached hydrogens (tertiary/aromatic N) is 1. The van der Waals surface area contributed by atoms with Crippen LogP contribution in [0.3, 0.4) is 0 Å². The molecule has 0 saturated heterocycles. The second-order valence-corrected chi connectivity index (χ2v) is 6.72. The highest BCUT2D eigenvalue weighted by molar-refractivity contribution is 7.17. The molecule has 0 fully saturated rings. The molecule has 0 saturated carbocycles. The number of benzene rings is 1. The molecule has 114 valence electrons. The molecule has 1 aromatic carbocycles. The van der Waals surface area contributed by atoms with Crippen LogP contribution in [0.25, 0.3) is 10.2 Å². The van der Waals surface area contributed by atoms with Crippen LogP contribution in [0.4, 0.5) is 0 Å². The number of carbonyl (C=O) groups excluding carboxylic acids is 1. The maximum absolute atomic E-state index is 12.7. The van der Waals surface area contributed by atoms with E-state index < -0.39 is 0 Å². The molecule has 0 spiro atoms. The van der Waals surface area contributed by atoms with E-state index in [0.29, 0.717) is 0 Å². The molecule has 3 nitrogen and oxygen atoms in total. The van der Waals surface area contributed by atoms with E-state index in [-0.39, 0.29) is 18.0 Å². The maximum atomic E-state index is 12.7. The Hall–Kier alpha value is -2.07. The minimum atomic E-state index is -0.0200. The average Bonchev–Trinajstić information content (AvgIpc) is 3.07. The van der Waals surface area contributed by atoms with Gasteiger partial charge in [-0.2, -0.15) is 0 Å². The van der Waals surface area contributed by atoms with Gasteiger partial charge in [0, 0.05) is 6.04 Å². The van der Waals surface area contributed by atoms with E-state index in [1.54, 1.807) is 11.3 Å². The van der Waals surface area contributed by atoms with Crippen molar-refractivity contribution in [1.29, 1.82) is 0 Å². The van der Waals surface area contributed by atoms with Crippen LogP contribution in [0.5, 0.6) is 0 Å². The van der Waals surface area contributed by atoms with Crippen LogP contribution in [0.2, 0.25) is 0 Å². The van der Waals surface area contributed by atoms with Crippen molar-refractivity contribution in [3.8, 4) is 0 Å². The molecule has 0 aliphatic carbocycles. The van der Waals surface area contributed by atoms with Crippen molar-refractivity contribution < 1.29 is 4.79 Å². The Balaban J connectivity index is 1.89. The van der Waals surface area contributed by atoms with Crippen LogP contribution in [-0.4, -0.2) is 10.5 Å². The molecule has 2 aromatic heterocycles. The van der Waals surface area contributed by atoms with Crippen molar-refractivity contribution >= 4 is 27.5 Å². The summed E-state index contributed by atoms with van der Waals surface area (Å²) < 4.78 is 3.27. The predicted molar refractivity (Wildman–Crippen MR) is 92.5 cm³/mol. The Morgan fingerprint density at radius 3 is 2.55 bits per heavy atom. The fraction of sp³-hybridized carbons (Fsp3) is 0.278. The van der Waals surface area contributed by atoms with Gasteiger partial charge < -0.3 is 9.88 Å².